The highest BCUT2D eigenvalue weighted by atomic mass is 79.9. The summed E-state index contributed by atoms with van der Waals surface area (Å²) in [5.41, 5.74) is 0. The molecule has 5 heteroatoms. The van der Waals surface area contributed by atoms with Crippen molar-refractivity contribution in [2.24, 2.45) is 7.05 Å². The van der Waals surface area contributed by atoms with E-state index in [-0.39, 0.29) is 0 Å². The number of halogens is 1. The van der Waals surface area contributed by atoms with Gasteiger partial charge in [-0.2, -0.15) is 0 Å². The van der Waals surface area contributed by atoms with Crippen LogP contribution in [0.5, 0.6) is 0 Å². The first-order valence-electron chi connectivity index (χ1n) is 5.17. The van der Waals surface area contributed by atoms with Gasteiger partial charge in [-0.15, -0.1) is 11.3 Å². The Morgan fingerprint density at radius 2 is 2.38 bits per heavy atom. The van der Waals surface area contributed by atoms with E-state index in [0.717, 1.165) is 25.3 Å². The Bertz CT molecular complexity index is 450. The Hall–Kier alpha value is -0.650. The number of rotatable bonds is 5. The molecule has 0 amide bonds. The van der Waals surface area contributed by atoms with E-state index in [9.17, 15) is 0 Å². The van der Waals surface area contributed by atoms with Crippen molar-refractivity contribution >= 4 is 27.3 Å². The fourth-order valence-electron chi connectivity index (χ4n) is 1.50. The molecule has 0 fully saturated rings. The number of hydrogen-bond donors (Lipinski definition) is 1. The van der Waals surface area contributed by atoms with E-state index >= 15 is 0 Å². The van der Waals surface area contributed by atoms with Gasteiger partial charge in [0.15, 0.2) is 0 Å². The van der Waals surface area contributed by atoms with Crippen molar-refractivity contribution in [3.8, 4) is 0 Å². The van der Waals surface area contributed by atoms with Gasteiger partial charge in [0.2, 0.25) is 0 Å². The third-order valence-electron chi connectivity index (χ3n) is 2.37. The number of aromatic nitrogens is 2. The van der Waals surface area contributed by atoms with Gasteiger partial charge in [-0.05, 0) is 28.1 Å². The zero-order valence-electron chi connectivity index (χ0n) is 9.11. The minimum absolute atomic E-state index is 0.931. The summed E-state index contributed by atoms with van der Waals surface area (Å²) in [5, 5.41) is 3.42. The van der Waals surface area contributed by atoms with Crippen LogP contribution in [0.2, 0.25) is 0 Å². The highest BCUT2D eigenvalue weighted by molar-refractivity contribution is 9.11. The first kappa shape index (κ1) is 11.8. The second-order valence-electron chi connectivity index (χ2n) is 3.59. The fraction of sp³-hybridized carbons (Fsp3) is 0.364. The molecule has 2 rings (SSSR count). The van der Waals surface area contributed by atoms with Crippen molar-refractivity contribution in [2.45, 2.75) is 13.0 Å². The number of imidazole rings is 1. The average molecular weight is 300 g/mol. The molecule has 0 spiro atoms. The molecule has 0 radical (unpaired) electrons. The molecule has 2 heterocycles. The smallest absolute Gasteiger partial charge is 0.109 e. The van der Waals surface area contributed by atoms with Crippen molar-refractivity contribution in [1.29, 1.82) is 0 Å². The van der Waals surface area contributed by atoms with Crippen LogP contribution in [0.15, 0.2) is 28.3 Å². The van der Waals surface area contributed by atoms with Crippen LogP contribution < -0.4 is 5.32 Å². The van der Waals surface area contributed by atoms with Crippen LogP contribution in [0.4, 0.5) is 0 Å². The molecule has 1 N–H and O–H groups in total. The van der Waals surface area contributed by atoms with Crippen molar-refractivity contribution in [2.75, 3.05) is 6.54 Å². The monoisotopic (exact) mass is 299 g/mol. The Labute approximate surface area is 108 Å². The lowest BCUT2D eigenvalue weighted by Gasteiger charge is -2.03. The second kappa shape index (κ2) is 5.61. The van der Waals surface area contributed by atoms with Gasteiger partial charge in [0, 0.05) is 43.8 Å². The predicted molar refractivity (Wildman–Crippen MR) is 70.6 cm³/mol. The highest BCUT2D eigenvalue weighted by Crippen LogP contribution is 2.21. The Morgan fingerprint density at radius 1 is 1.50 bits per heavy atom. The number of nitrogens with zero attached hydrogens (tertiary/aromatic N) is 2. The topological polar surface area (TPSA) is 29.9 Å². The van der Waals surface area contributed by atoms with E-state index in [1.807, 2.05) is 19.4 Å². The first-order valence-corrected chi connectivity index (χ1v) is 6.78. The first-order chi connectivity index (χ1) is 7.75. The standard InChI is InChI=1S/C11H14BrN3S/c1-15-7-6-14-11(15)4-5-13-8-9-2-3-10(12)16-9/h2-3,6-7,13H,4-5,8H2,1H3. The molecule has 0 saturated heterocycles. The summed E-state index contributed by atoms with van der Waals surface area (Å²) >= 11 is 5.23. The summed E-state index contributed by atoms with van der Waals surface area (Å²) < 4.78 is 3.25. The molecular formula is C11H14BrN3S. The van der Waals surface area contributed by atoms with Crippen LogP contribution in [0.1, 0.15) is 10.7 Å². The Balaban J connectivity index is 1.71. The lowest BCUT2D eigenvalue weighted by molar-refractivity contribution is 0.659. The molecule has 0 saturated carbocycles. The van der Waals surface area contributed by atoms with Crippen molar-refractivity contribution in [3.63, 3.8) is 0 Å². The molecule has 0 unspecified atom stereocenters. The lowest BCUT2D eigenvalue weighted by Crippen LogP contribution is -2.17. The fourth-order valence-corrected chi connectivity index (χ4v) is 2.95. The third-order valence-corrected chi connectivity index (χ3v) is 4.00. The van der Waals surface area contributed by atoms with E-state index in [2.05, 4.69) is 42.9 Å². The minimum atomic E-state index is 0.931. The van der Waals surface area contributed by atoms with E-state index in [4.69, 9.17) is 0 Å². The van der Waals surface area contributed by atoms with Gasteiger partial charge in [0.25, 0.3) is 0 Å². The number of nitrogens with one attached hydrogen (secondary N) is 1. The summed E-state index contributed by atoms with van der Waals surface area (Å²) in [4.78, 5) is 5.64. The van der Waals surface area contributed by atoms with Crippen molar-refractivity contribution < 1.29 is 0 Å². The van der Waals surface area contributed by atoms with Crippen LogP contribution in [-0.2, 0) is 20.0 Å². The third kappa shape index (κ3) is 3.17. The van der Waals surface area contributed by atoms with Gasteiger partial charge in [0.05, 0.1) is 3.79 Å². The largest absolute Gasteiger partial charge is 0.338 e. The maximum atomic E-state index is 4.28. The van der Waals surface area contributed by atoms with E-state index < -0.39 is 0 Å². The molecule has 0 aliphatic rings. The van der Waals surface area contributed by atoms with Gasteiger partial charge in [-0.3, -0.25) is 0 Å². The highest BCUT2D eigenvalue weighted by Gasteiger charge is 1.99. The summed E-state index contributed by atoms with van der Waals surface area (Å²) in [6.45, 7) is 1.89. The lowest BCUT2D eigenvalue weighted by atomic mass is 10.4. The maximum Gasteiger partial charge on any atom is 0.109 e. The van der Waals surface area contributed by atoms with Crippen LogP contribution in [0.3, 0.4) is 0 Å². The normalized spacial score (nSPS) is 10.9. The van der Waals surface area contributed by atoms with Crippen molar-refractivity contribution in [3.05, 3.63) is 39.0 Å². The molecule has 0 aliphatic heterocycles. The van der Waals surface area contributed by atoms with Gasteiger partial charge in [-0.1, -0.05) is 0 Å². The van der Waals surface area contributed by atoms with E-state index in [1.54, 1.807) is 11.3 Å². The molecule has 86 valence electrons. The summed E-state index contributed by atoms with van der Waals surface area (Å²) in [7, 11) is 2.03. The van der Waals surface area contributed by atoms with Gasteiger partial charge < -0.3 is 9.88 Å². The molecule has 0 aliphatic carbocycles. The van der Waals surface area contributed by atoms with Gasteiger partial charge in [-0.25, -0.2) is 4.98 Å². The zero-order valence-corrected chi connectivity index (χ0v) is 11.5. The molecule has 2 aromatic heterocycles. The summed E-state index contributed by atoms with van der Waals surface area (Å²) in [6.07, 6.45) is 4.79. The molecule has 16 heavy (non-hydrogen) atoms. The molecule has 2 aromatic rings. The van der Waals surface area contributed by atoms with Crippen LogP contribution in [-0.4, -0.2) is 16.1 Å². The SMILES string of the molecule is Cn1ccnc1CCNCc1ccc(Br)s1. The summed E-state index contributed by atoms with van der Waals surface area (Å²) in [5.74, 6) is 1.12. The van der Waals surface area contributed by atoms with Gasteiger partial charge >= 0.3 is 0 Å². The number of aryl methyl sites for hydroxylation is 1. The van der Waals surface area contributed by atoms with Crippen molar-refractivity contribution in [1.82, 2.24) is 14.9 Å². The zero-order chi connectivity index (χ0) is 11.4. The molecule has 0 bridgehead atoms. The van der Waals surface area contributed by atoms with E-state index in [0.29, 0.717) is 0 Å². The maximum absolute atomic E-state index is 4.28. The molecule has 0 atom stereocenters. The Kier molecular flexibility index (Phi) is 4.15. The average Bonchev–Trinajstić information content (AvgIpc) is 2.83. The van der Waals surface area contributed by atoms with Gasteiger partial charge in [0.1, 0.15) is 5.82 Å². The van der Waals surface area contributed by atoms with Crippen LogP contribution in [0.25, 0.3) is 0 Å². The second-order valence-corrected chi connectivity index (χ2v) is 6.13. The van der Waals surface area contributed by atoms with Crippen LogP contribution >= 0.6 is 27.3 Å². The molecule has 3 nitrogen and oxygen atoms in total. The predicted octanol–water partition coefficient (Wildman–Crippen LogP) is 2.58. The quantitative estimate of drug-likeness (QED) is 0.860. The number of thiophene rings is 1. The molecule has 0 aromatic carbocycles. The summed E-state index contributed by atoms with van der Waals surface area (Å²) in [6, 6.07) is 4.23. The molecular weight excluding hydrogens is 286 g/mol. The Morgan fingerprint density at radius 3 is 3.00 bits per heavy atom. The van der Waals surface area contributed by atoms with Crippen LogP contribution in [0, 0.1) is 0 Å². The minimum Gasteiger partial charge on any atom is -0.338 e. The number of hydrogen-bond acceptors (Lipinski definition) is 3. The van der Waals surface area contributed by atoms with E-state index in [1.165, 1.54) is 8.66 Å².